The van der Waals surface area contributed by atoms with Crippen molar-refractivity contribution in [2.24, 2.45) is 5.41 Å². The summed E-state index contributed by atoms with van der Waals surface area (Å²) in [5.41, 5.74) is 0.150. The van der Waals surface area contributed by atoms with Crippen molar-refractivity contribution in [1.82, 2.24) is 4.90 Å². The van der Waals surface area contributed by atoms with Crippen LogP contribution in [0.2, 0.25) is 0 Å². The van der Waals surface area contributed by atoms with Crippen molar-refractivity contribution >= 4 is 33.1 Å². The topological polar surface area (TPSA) is 37.4 Å². The van der Waals surface area contributed by atoms with Crippen LogP contribution in [-0.4, -0.2) is 28.7 Å². The Morgan fingerprint density at radius 2 is 1.70 bits per heavy atom. The van der Waals surface area contributed by atoms with Gasteiger partial charge in [0.05, 0.1) is 11.3 Å². The molecule has 164 valence electrons. The second kappa shape index (κ2) is 9.17. The van der Waals surface area contributed by atoms with Gasteiger partial charge in [-0.25, -0.2) is 4.39 Å². The monoisotopic (exact) mass is 431 g/mol. The highest BCUT2D eigenvalue weighted by atomic mass is 32.1. The molecule has 2 heterocycles. The summed E-state index contributed by atoms with van der Waals surface area (Å²) in [5.74, 6) is -0.238. The number of ketones is 1. The van der Waals surface area contributed by atoms with Crippen molar-refractivity contribution in [3.8, 4) is 0 Å². The minimum Gasteiger partial charge on any atom is -0.336 e. The predicted molar refractivity (Wildman–Crippen MR) is 123 cm³/mol. The lowest BCUT2D eigenvalue weighted by atomic mass is 9.88. The van der Waals surface area contributed by atoms with Crippen molar-refractivity contribution in [2.45, 2.75) is 91.6 Å². The summed E-state index contributed by atoms with van der Waals surface area (Å²) in [7, 11) is 0. The second-order valence-corrected chi connectivity index (χ2v) is 10.6. The van der Waals surface area contributed by atoms with E-state index in [2.05, 4.69) is 18.7 Å². The Morgan fingerprint density at radius 1 is 1.10 bits per heavy atom. The molecule has 0 radical (unpaired) electrons. The fraction of sp³-hybridized carbons (Fsp3) is 0.600. The number of likely N-dealkylation sites (tertiary alicyclic amines) is 1. The number of Topliss-reactive ketones (excluding diaryl/α,β-unsaturated/α-hetero) is 1. The highest BCUT2D eigenvalue weighted by Crippen LogP contribution is 2.38. The number of fused-ring (bicyclic) bond motifs is 1. The summed E-state index contributed by atoms with van der Waals surface area (Å²) in [4.78, 5) is 29.4. The normalized spacial score (nSPS) is 19.6. The lowest BCUT2D eigenvalue weighted by Gasteiger charge is -2.31. The number of carbonyl (C=O) groups is 2. The molecule has 1 fully saturated rings. The van der Waals surface area contributed by atoms with Gasteiger partial charge in [0.15, 0.2) is 5.78 Å². The van der Waals surface area contributed by atoms with Crippen molar-refractivity contribution in [3.05, 3.63) is 34.5 Å². The standard InChI is InChI=1S/C25H34FNO2S/c1-6-8-17-11-12-18(9-7-2)27(17)22(28)15-20-19-14-16(26)10-13-21(19)30-23(20)24(29)25(3,4)5/h10,13-14,17-18H,6-9,11-12,15H2,1-5H3/t17-,18+. The van der Waals surface area contributed by atoms with Gasteiger partial charge in [0.25, 0.3) is 0 Å². The number of benzene rings is 1. The predicted octanol–water partition coefficient (Wildman–Crippen LogP) is 6.77. The first-order chi connectivity index (χ1) is 14.2. The van der Waals surface area contributed by atoms with Crippen LogP contribution < -0.4 is 0 Å². The molecule has 30 heavy (non-hydrogen) atoms. The first kappa shape index (κ1) is 22.9. The average Bonchev–Trinajstić information content (AvgIpc) is 3.22. The molecule has 0 aliphatic carbocycles. The van der Waals surface area contributed by atoms with Crippen molar-refractivity contribution in [1.29, 1.82) is 0 Å². The maximum absolute atomic E-state index is 14.0. The van der Waals surface area contributed by atoms with E-state index in [-0.39, 0.29) is 36.0 Å². The van der Waals surface area contributed by atoms with E-state index in [4.69, 9.17) is 0 Å². The molecule has 1 saturated heterocycles. The fourth-order valence-corrected chi connectivity index (χ4v) is 6.02. The zero-order chi connectivity index (χ0) is 22.1. The van der Waals surface area contributed by atoms with Gasteiger partial charge in [-0.05, 0) is 54.8 Å². The molecule has 0 saturated carbocycles. The number of hydrogen-bond acceptors (Lipinski definition) is 3. The number of nitrogens with zero attached hydrogens (tertiary/aromatic N) is 1. The maximum atomic E-state index is 14.0. The first-order valence-corrected chi connectivity index (χ1v) is 12.1. The molecule has 1 aromatic carbocycles. The Labute approximate surface area is 183 Å². The lowest BCUT2D eigenvalue weighted by molar-refractivity contribution is -0.133. The quantitative estimate of drug-likeness (QED) is 0.454. The van der Waals surface area contributed by atoms with Crippen LogP contribution in [0.25, 0.3) is 10.1 Å². The Bertz CT molecular complexity index is 913. The number of rotatable bonds is 7. The lowest BCUT2D eigenvalue weighted by Crippen LogP contribution is -2.42. The molecule has 0 unspecified atom stereocenters. The molecule has 2 aromatic rings. The zero-order valence-electron chi connectivity index (χ0n) is 18.9. The molecule has 2 atom stereocenters. The summed E-state index contributed by atoms with van der Waals surface area (Å²) in [5, 5.41) is 0.708. The van der Waals surface area contributed by atoms with Gasteiger partial charge in [0, 0.05) is 22.2 Å². The Balaban J connectivity index is 2.01. The second-order valence-electron chi connectivity index (χ2n) is 9.57. The third-order valence-electron chi connectivity index (χ3n) is 6.12. The van der Waals surface area contributed by atoms with Crippen LogP contribution in [-0.2, 0) is 11.2 Å². The van der Waals surface area contributed by atoms with Crippen LogP contribution in [0.15, 0.2) is 18.2 Å². The Morgan fingerprint density at radius 3 is 2.23 bits per heavy atom. The smallest absolute Gasteiger partial charge is 0.227 e. The van der Waals surface area contributed by atoms with Gasteiger partial charge in [-0.3, -0.25) is 9.59 Å². The van der Waals surface area contributed by atoms with E-state index < -0.39 is 5.41 Å². The summed E-state index contributed by atoms with van der Waals surface area (Å²) in [6.07, 6.45) is 6.40. The van der Waals surface area contributed by atoms with Crippen LogP contribution in [0, 0.1) is 11.2 Å². The average molecular weight is 432 g/mol. The van der Waals surface area contributed by atoms with Crippen molar-refractivity contribution in [3.63, 3.8) is 0 Å². The third kappa shape index (κ3) is 4.61. The van der Waals surface area contributed by atoms with Crippen molar-refractivity contribution in [2.75, 3.05) is 0 Å². The van der Waals surface area contributed by atoms with Crippen LogP contribution in [0.5, 0.6) is 0 Å². The highest BCUT2D eigenvalue weighted by Gasteiger charge is 2.37. The SMILES string of the molecule is CCC[C@@H]1CC[C@H](CCC)N1C(=O)Cc1c(C(=O)C(C)(C)C)sc2ccc(F)cc12. The number of halogens is 1. The van der Waals surface area contributed by atoms with Gasteiger partial charge in [-0.2, -0.15) is 0 Å². The largest absolute Gasteiger partial charge is 0.336 e. The minimum atomic E-state index is -0.555. The number of amides is 1. The molecule has 5 heteroatoms. The van der Waals surface area contributed by atoms with E-state index in [1.807, 2.05) is 20.8 Å². The minimum absolute atomic E-state index is 0.0172. The fourth-order valence-electron chi connectivity index (χ4n) is 4.66. The molecule has 0 spiro atoms. The van der Waals surface area contributed by atoms with Crippen molar-refractivity contribution < 1.29 is 14.0 Å². The Hall–Kier alpha value is -1.75. The van der Waals surface area contributed by atoms with E-state index >= 15 is 0 Å². The van der Waals surface area contributed by atoms with Crippen LogP contribution in [0.1, 0.15) is 88.4 Å². The molecule has 1 aliphatic rings. The van der Waals surface area contributed by atoms with Crippen LogP contribution in [0.3, 0.4) is 0 Å². The van der Waals surface area contributed by atoms with Gasteiger partial charge in [-0.15, -0.1) is 11.3 Å². The van der Waals surface area contributed by atoms with Gasteiger partial charge in [0.2, 0.25) is 5.91 Å². The highest BCUT2D eigenvalue weighted by molar-refractivity contribution is 7.21. The summed E-state index contributed by atoms with van der Waals surface area (Å²) < 4.78 is 14.9. The van der Waals surface area contributed by atoms with E-state index in [1.165, 1.54) is 23.5 Å². The molecule has 3 nitrogen and oxygen atoms in total. The van der Waals surface area contributed by atoms with Gasteiger partial charge in [0.1, 0.15) is 5.82 Å². The molecule has 3 rings (SSSR count). The molecule has 1 amide bonds. The molecular formula is C25H34FNO2S. The summed E-state index contributed by atoms with van der Waals surface area (Å²) >= 11 is 1.39. The number of hydrogen-bond donors (Lipinski definition) is 0. The van der Waals surface area contributed by atoms with Gasteiger partial charge in [-0.1, -0.05) is 47.5 Å². The maximum Gasteiger partial charge on any atom is 0.227 e. The van der Waals surface area contributed by atoms with E-state index in [1.54, 1.807) is 6.07 Å². The van der Waals surface area contributed by atoms with Gasteiger partial charge < -0.3 is 4.90 Å². The molecule has 0 N–H and O–H groups in total. The number of carbonyl (C=O) groups excluding carboxylic acids is 2. The van der Waals surface area contributed by atoms with Crippen LogP contribution in [0.4, 0.5) is 4.39 Å². The van der Waals surface area contributed by atoms with E-state index in [0.29, 0.717) is 15.8 Å². The van der Waals surface area contributed by atoms with Gasteiger partial charge >= 0.3 is 0 Å². The van der Waals surface area contributed by atoms with Crippen LogP contribution >= 0.6 is 11.3 Å². The van der Waals surface area contributed by atoms with E-state index in [9.17, 15) is 14.0 Å². The molecule has 0 bridgehead atoms. The zero-order valence-corrected chi connectivity index (χ0v) is 19.7. The Kier molecular flexibility index (Phi) is 7.01. The number of thiophene rings is 1. The molecule has 1 aromatic heterocycles. The summed E-state index contributed by atoms with van der Waals surface area (Å²) in [6.45, 7) is 9.99. The molecular weight excluding hydrogens is 397 g/mol. The summed E-state index contributed by atoms with van der Waals surface area (Å²) in [6, 6.07) is 5.18. The third-order valence-corrected chi connectivity index (χ3v) is 7.33. The van der Waals surface area contributed by atoms with E-state index in [0.717, 1.165) is 43.2 Å². The molecule has 1 aliphatic heterocycles. The first-order valence-electron chi connectivity index (χ1n) is 11.2.